The molecule has 3 atom stereocenters. The number of amides is 3. The maximum absolute atomic E-state index is 11.8. The van der Waals surface area contributed by atoms with Crippen LogP contribution in [0.2, 0.25) is 0 Å². The Morgan fingerprint density at radius 2 is 2.10 bits per heavy atom. The average Bonchev–Trinajstić information content (AvgIpc) is 2.75. The molecule has 0 spiro atoms. The van der Waals surface area contributed by atoms with Crippen molar-refractivity contribution in [3.63, 3.8) is 0 Å². The fraction of sp³-hybridized carbons (Fsp3) is 0.750. The lowest BCUT2D eigenvalue weighted by Crippen LogP contribution is -2.51. The highest BCUT2D eigenvalue weighted by molar-refractivity contribution is 7.99. The lowest BCUT2D eigenvalue weighted by atomic mass is 10.2. The van der Waals surface area contributed by atoms with Crippen molar-refractivity contribution in [3.05, 3.63) is 0 Å². The SMILES string of the molecule is CCSC1CCCC1NC(=O)NC(CC(N)=O)C(=O)O. The van der Waals surface area contributed by atoms with E-state index in [0.29, 0.717) is 5.25 Å². The maximum Gasteiger partial charge on any atom is 0.326 e. The van der Waals surface area contributed by atoms with Crippen molar-refractivity contribution in [1.29, 1.82) is 0 Å². The quantitative estimate of drug-likeness (QED) is 0.538. The maximum atomic E-state index is 11.8. The number of nitrogens with two attached hydrogens (primary N) is 1. The molecule has 3 unspecified atom stereocenters. The number of hydrogen-bond donors (Lipinski definition) is 4. The van der Waals surface area contributed by atoms with Crippen LogP contribution in [0, 0.1) is 0 Å². The van der Waals surface area contributed by atoms with E-state index in [0.717, 1.165) is 25.0 Å². The van der Waals surface area contributed by atoms with Crippen molar-refractivity contribution < 1.29 is 19.5 Å². The second kappa shape index (κ2) is 7.98. The van der Waals surface area contributed by atoms with Crippen LogP contribution in [-0.2, 0) is 9.59 Å². The van der Waals surface area contributed by atoms with E-state index >= 15 is 0 Å². The van der Waals surface area contributed by atoms with Gasteiger partial charge in [-0.25, -0.2) is 9.59 Å². The molecule has 7 nitrogen and oxygen atoms in total. The zero-order valence-corrected chi connectivity index (χ0v) is 12.2. The van der Waals surface area contributed by atoms with E-state index in [9.17, 15) is 14.4 Å². The summed E-state index contributed by atoms with van der Waals surface area (Å²) in [6, 6.07) is -1.80. The van der Waals surface area contributed by atoms with Gasteiger partial charge in [-0.3, -0.25) is 4.79 Å². The van der Waals surface area contributed by atoms with E-state index in [1.54, 1.807) is 11.8 Å². The van der Waals surface area contributed by atoms with Gasteiger partial charge in [-0.1, -0.05) is 13.3 Å². The Hall–Kier alpha value is -1.44. The van der Waals surface area contributed by atoms with Gasteiger partial charge in [0.25, 0.3) is 0 Å². The summed E-state index contributed by atoms with van der Waals surface area (Å²) in [7, 11) is 0. The number of thioether (sulfide) groups is 1. The van der Waals surface area contributed by atoms with Gasteiger partial charge in [-0.15, -0.1) is 0 Å². The number of carbonyl (C=O) groups excluding carboxylic acids is 2. The molecule has 1 saturated carbocycles. The van der Waals surface area contributed by atoms with Crippen LogP contribution in [0.15, 0.2) is 0 Å². The average molecular weight is 303 g/mol. The number of carboxylic acid groups (broad SMARTS) is 1. The molecule has 0 aromatic heterocycles. The smallest absolute Gasteiger partial charge is 0.326 e. The molecule has 1 aliphatic carbocycles. The number of carboxylic acids is 1. The Labute approximate surface area is 122 Å². The van der Waals surface area contributed by atoms with Crippen molar-refractivity contribution in [3.8, 4) is 0 Å². The minimum absolute atomic E-state index is 0.0444. The van der Waals surface area contributed by atoms with E-state index < -0.39 is 30.4 Å². The van der Waals surface area contributed by atoms with Gasteiger partial charge in [0, 0.05) is 11.3 Å². The summed E-state index contributed by atoms with van der Waals surface area (Å²) < 4.78 is 0. The number of primary amides is 1. The van der Waals surface area contributed by atoms with E-state index in [2.05, 4.69) is 17.6 Å². The summed E-state index contributed by atoms with van der Waals surface area (Å²) in [5, 5.41) is 14.3. The Morgan fingerprint density at radius 1 is 1.40 bits per heavy atom. The van der Waals surface area contributed by atoms with Crippen molar-refractivity contribution in [2.45, 2.75) is 49.9 Å². The summed E-state index contributed by atoms with van der Waals surface area (Å²) in [5.74, 6) is -1.06. The standard InChI is InChI=1S/C12H21N3O4S/c1-2-20-9-5-3-4-7(9)14-12(19)15-8(11(17)18)6-10(13)16/h7-9H,2-6H2,1H3,(H2,13,16)(H,17,18)(H2,14,15,19). The first-order valence-electron chi connectivity index (χ1n) is 6.63. The third-order valence-electron chi connectivity index (χ3n) is 3.16. The molecule has 1 rings (SSSR count). The van der Waals surface area contributed by atoms with E-state index in [1.807, 2.05) is 0 Å². The van der Waals surface area contributed by atoms with Crippen LogP contribution >= 0.6 is 11.8 Å². The van der Waals surface area contributed by atoms with Gasteiger partial charge in [0.15, 0.2) is 0 Å². The molecule has 0 bridgehead atoms. The zero-order valence-electron chi connectivity index (χ0n) is 11.4. The first kappa shape index (κ1) is 16.6. The third-order valence-corrected chi connectivity index (χ3v) is 4.48. The van der Waals surface area contributed by atoms with Gasteiger partial charge < -0.3 is 21.5 Å². The minimum atomic E-state index is -1.29. The fourth-order valence-corrected chi connectivity index (χ4v) is 3.47. The van der Waals surface area contributed by atoms with E-state index in [4.69, 9.17) is 10.8 Å². The molecular weight excluding hydrogens is 282 g/mol. The third kappa shape index (κ3) is 5.28. The van der Waals surface area contributed by atoms with Crippen molar-refractivity contribution in [2.75, 3.05) is 5.75 Å². The summed E-state index contributed by atoms with van der Waals surface area (Å²) >= 11 is 1.79. The molecule has 8 heteroatoms. The van der Waals surface area contributed by atoms with Crippen LogP contribution in [0.1, 0.15) is 32.6 Å². The number of rotatable bonds is 7. The summed E-state index contributed by atoms with van der Waals surface area (Å²) in [4.78, 5) is 33.5. The van der Waals surface area contributed by atoms with Crippen molar-refractivity contribution in [2.24, 2.45) is 5.73 Å². The van der Waals surface area contributed by atoms with Gasteiger partial charge in [0.05, 0.1) is 6.42 Å². The molecule has 0 aromatic carbocycles. The lowest BCUT2D eigenvalue weighted by Gasteiger charge is -2.21. The van der Waals surface area contributed by atoms with Crippen LogP contribution in [0.3, 0.4) is 0 Å². The lowest BCUT2D eigenvalue weighted by molar-refractivity contribution is -0.140. The number of nitrogens with one attached hydrogen (secondary N) is 2. The zero-order chi connectivity index (χ0) is 15.1. The van der Waals surface area contributed by atoms with Gasteiger partial charge in [0.2, 0.25) is 5.91 Å². The molecule has 1 aliphatic rings. The van der Waals surface area contributed by atoms with E-state index in [1.165, 1.54) is 0 Å². The fourth-order valence-electron chi connectivity index (χ4n) is 2.27. The van der Waals surface area contributed by atoms with Crippen LogP contribution in [0.5, 0.6) is 0 Å². The first-order chi connectivity index (χ1) is 9.43. The van der Waals surface area contributed by atoms with E-state index in [-0.39, 0.29) is 6.04 Å². The molecule has 0 saturated heterocycles. The molecule has 0 aromatic rings. The van der Waals surface area contributed by atoms with Gasteiger partial charge in [-0.05, 0) is 18.6 Å². The topological polar surface area (TPSA) is 122 Å². The van der Waals surface area contributed by atoms with Crippen LogP contribution in [0.25, 0.3) is 0 Å². The van der Waals surface area contributed by atoms with Crippen molar-refractivity contribution >= 4 is 29.7 Å². The molecule has 0 radical (unpaired) electrons. The van der Waals surface area contributed by atoms with Gasteiger partial charge >= 0.3 is 12.0 Å². The Balaban J connectivity index is 2.48. The molecule has 0 aliphatic heterocycles. The molecule has 20 heavy (non-hydrogen) atoms. The highest BCUT2D eigenvalue weighted by atomic mass is 32.2. The predicted molar refractivity (Wildman–Crippen MR) is 76.5 cm³/mol. The van der Waals surface area contributed by atoms with Gasteiger partial charge in [-0.2, -0.15) is 11.8 Å². The first-order valence-corrected chi connectivity index (χ1v) is 7.68. The molecule has 3 amide bonds. The van der Waals surface area contributed by atoms with Crippen molar-refractivity contribution in [1.82, 2.24) is 10.6 Å². The molecule has 5 N–H and O–H groups in total. The normalized spacial score (nSPS) is 23.1. The molecule has 114 valence electrons. The number of urea groups is 1. The predicted octanol–water partition coefficient (Wildman–Crippen LogP) is 0.288. The Morgan fingerprint density at radius 3 is 2.65 bits per heavy atom. The summed E-state index contributed by atoms with van der Waals surface area (Å²) in [6.45, 7) is 2.06. The highest BCUT2D eigenvalue weighted by Crippen LogP contribution is 2.29. The molecular formula is C12H21N3O4S. The van der Waals surface area contributed by atoms with Crippen LogP contribution in [0.4, 0.5) is 4.79 Å². The van der Waals surface area contributed by atoms with Gasteiger partial charge in [0.1, 0.15) is 6.04 Å². The second-order valence-corrected chi connectivity index (χ2v) is 6.23. The summed E-state index contributed by atoms with van der Waals surface area (Å²) in [6.07, 6.45) is 2.57. The largest absolute Gasteiger partial charge is 0.480 e. The molecule has 1 fully saturated rings. The Bertz CT molecular complexity index is 378. The number of carbonyl (C=O) groups is 3. The number of hydrogen-bond acceptors (Lipinski definition) is 4. The molecule has 0 heterocycles. The highest BCUT2D eigenvalue weighted by Gasteiger charge is 2.30. The minimum Gasteiger partial charge on any atom is -0.480 e. The van der Waals surface area contributed by atoms with Crippen LogP contribution in [-0.4, -0.2) is 46.1 Å². The van der Waals surface area contributed by atoms with Crippen LogP contribution < -0.4 is 16.4 Å². The Kier molecular flexibility index (Phi) is 6.63. The monoisotopic (exact) mass is 303 g/mol. The number of aliphatic carboxylic acids is 1. The summed E-state index contributed by atoms with van der Waals surface area (Å²) in [5.41, 5.74) is 4.95. The second-order valence-electron chi connectivity index (χ2n) is 4.71.